The zero-order chi connectivity index (χ0) is 21.3. The van der Waals surface area contributed by atoms with Crippen molar-refractivity contribution in [3.63, 3.8) is 0 Å². The molecule has 30 heavy (non-hydrogen) atoms. The Hall–Kier alpha value is -2.30. The van der Waals surface area contributed by atoms with Gasteiger partial charge in [0.25, 0.3) is 0 Å². The number of fused-ring (bicyclic) bond motifs is 1. The van der Waals surface area contributed by atoms with E-state index in [0.29, 0.717) is 24.3 Å². The molecule has 1 aliphatic rings. The summed E-state index contributed by atoms with van der Waals surface area (Å²) in [5.41, 5.74) is 2.62. The number of benzene rings is 1. The van der Waals surface area contributed by atoms with E-state index in [-0.39, 0.29) is 27.8 Å². The Kier molecular flexibility index (Phi) is 6.16. The average Bonchev–Trinajstić information content (AvgIpc) is 3.27. The molecule has 0 saturated heterocycles. The molecular weight excluding hydrogens is 451 g/mol. The van der Waals surface area contributed by atoms with Crippen LogP contribution in [0.3, 0.4) is 0 Å². The fraction of sp³-hybridized carbons (Fsp3) is 0.368. The lowest BCUT2D eigenvalue weighted by atomic mass is 10.2. The highest BCUT2D eigenvalue weighted by Crippen LogP contribution is 2.27. The Morgan fingerprint density at radius 1 is 1.33 bits per heavy atom. The van der Waals surface area contributed by atoms with Gasteiger partial charge < -0.3 is 4.74 Å². The minimum Gasteiger partial charge on any atom is -0.462 e. The van der Waals surface area contributed by atoms with Crippen molar-refractivity contribution < 1.29 is 13.9 Å². The first-order chi connectivity index (χ1) is 14.4. The van der Waals surface area contributed by atoms with Crippen molar-refractivity contribution in [2.75, 3.05) is 6.61 Å². The van der Waals surface area contributed by atoms with Crippen LogP contribution in [0.15, 0.2) is 27.4 Å². The molecule has 0 amide bonds. The number of hydrogen-bond donors (Lipinski definition) is 0. The molecule has 0 aliphatic carbocycles. The number of nitrogens with zero attached hydrogens (tertiary/aromatic N) is 4. The van der Waals surface area contributed by atoms with Crippen LogP contribution >= 0.6 is 34.3 Å². The molecule has 3 heterocycles. The van der Waals surface area contributed by atoms with Crippen molar-refractivity contribution in [1.82, 2.24) is 14.3 Å². The summed E-state index contributed by atoms with van der Waals surface area (Å²) in [6.07, 6.45) is 2.38. The van der Waals surface area contributed by atoms with Crippen LogP contribution in [0.5, 0.6) is 0 Å². The van der Waals surface area contributed by atoms with E-state index >= 15 is 0 Å². The van der Waals surface area contributed by atoms with E-state index < -0.39 is 11.8 Å². The van der Waals surface area contributed by atoms with E-state index in [1.54, 1.807) is 14.9 Å². The quantitative estimate of drug-likeness (QED) is 0.535. The van der Waals surface area contributed by atoms with Gasteiger partial charge >= 0.3 is 10.8 Å². The van der Waals surface area contributed by atoms with Gasteiger partial charge in [0.05, 0.1) is 28.4 Å². The van der Waals surface area contributed by atoms with Gasteiger partial charge in [-0.1, -0.05) is 11.6 Å². The van der Waals surface area contributed by atoms with Gasteiger partial charge in [0.15, 0.2) is 0 Å². The number of carbonyl (C=O) groups is 1. The maximum atomic E-state index is 14.5. The highest BCUT2D eigenvalue weighted by atomic mass is 35.5. The van der Waals surface area contributed by atoms with Gasteiger partial charge in [-0.2, -0.15) is 0 Å². The zero-order valence-corrected chi connectivity index (χ0v) is 18.4. The normalized spacial score (nSPS) is 14.0. The number of esters is 1. The molecule has 1 aliphatic heterocycles. The SMILES string of the molecule is Cc1ncsc1CCOC(=O)c1cc(N=c2sc(=O)n3n2CCCC3)c(F)cc1Cl. The summed E-state index contributed by atoms with van der Waals surface area (Å²) in [5.74, 6) is -1.33. The molecule has 0 spiro atoms. The van der Waals surface area contributed by atoms with E-state index in [2.05, 4.69) is 9.98 Å². The summed E-state index contributed by atoms with van der Waals surface area (Å²) in [7, 11) is 0. The van der Waals surface area contributed by atoms with Crippen molar-refractivity contribution in [3.8, 4) is 0 Å². The second kappa shape index (κ2) is 8.83. The van der Waals surface area contributed by atoms with Crippen molar-refractivity contribution in [1.29, 1.82) is 0 Å². The first-order valence-electron chi connectivity index (χ1n) is 9.34. The third-order valence-electron chi connectivity index (χ3n) is 4.77. The van der Waals surface area contributed by atoms with Crippen molar-refractivity contribution >= 4 is 45.9 Å². The summed E-state index contributed by atoms with van der Waals surface area (Å²) in [6, 6.07) is 2.31. The second-order valence-corrected chi connectivity index (χ2v) is 9.01. The van der Waals surface area contributed by atoms with Crippen molar-refractivity contribution in [2.45, 2.75) is 39.3 Å². The highest BCUT2D eigenvalue weighted by molar-refractivity contribution is 7.09. The smallest absolute Gasteiger partial charge is 0.339 e. The van der Waals surface area contributed by atoms with Crippen LogP contribution in [-0.4, -0.2) is 26.9 Å². The molecule has 3 aromatic rings. The van der Waals surface area contributed by atoms with Crippen LogP contribution in [0.25, 0.3) is 0 Å². The first-order valence-corrected chi connectivity index (χ1v) is 11.4. The van der Waals surface area contributed by atoms with Crippen LogP contribution in [0.1, 0.15) is 33.8 Å². The highest BCUT2D eigenvalue weighted by Gasteiger charge is 2.18. The number of aryl methyl sites for hydroxylation is 1. The molecule has 0 unspecified atom stereocenters. The second-order valence-electron chi connectivity index (χ2n) is 6.75. The molecule has 0 radical (unpaired) electrons. The summed E-state index contributed by atoms with van der Waals surface area (Å²) < 4.78 is 23.1. The fourth-order valence-electron chi connectivity index (χ4n) is 3.18. The molecule has 0 N–H and O–H groups in total. The average molecular weight is 469 g/mol. The molecular formula is C19H18ClFN4O3S2. The van der Waals surface area contributed by atoms with E-state index in [1.807, 2.05) is 6.92 Å². The lowest BCUT2D eigenvalue weighted by Crippen LogP contribution is -2.31. The fourth-order valence-corrected chi connectivity index (χ4v) is 5.06. The van der Waals surface area contributed by atoms with Gasteiger partial charge in [-0.25, -0.2) is 23.8 Å². The summed E-state index contributed by atoms with van der Waals surface area (Å²) >= 11 is 8.52. The Bertz CT molecular complexity index is 1230. The number of ether oxygens (including phenoxy) is 1. The molecule has 0 atom stereocenters. The lowest BCUT2D eigenvalue weighted by molar-refractivity contribution is 0.0510. The topological polar surface area (TPSA) is 78.5 Å². The van der Waals surface area contributed by atoms with E-state index in [1.165, 1.54) is 17.4 Å². The molecule has 2 aromatic heterocycles. The van der Waals surface area contributed by atoms with Gasteiger partial charge in [-0.3, -0.25) is 9.48 Å². The lowest BCUT2D eigenvalue weighted by Gasteiger charge is -2.15. The zero-order valence-electron chi connectivity index (χ0n) is 16.1. The minimum absolute atomic E-state index is 0.0308. The van der Waals surface area contributed by atoms with Crippen molar-refractivity contribution in [2.24, 2.45) is 4.99 Å². The Morgan fingerprint density at radius 3 is 2.83 bits per heavy atom. The van der Waals surface area contributed by atoms with E-state index in [9.17, 15) is 14.0 Å². The maximum absolute atomic E-state index is 14.5. The van der Waals surface area contributed by atoms with Crippen LogP contribution in [0.4, 0.5) is 10.1 Å². The molecule has 1 aromatic carbocycles. The number of aromatic nitrogens is 3. The Balaban J connectivity index is 1.59. The van der Waals surface area contributed by atoms with Crippen molar-refractivity contribution in [3.05, 3.63) is 59.1 Å². The monoisotopic (exact) mass is 468 g/mol. The van der Waals surface area contributed by atoms with E-state index in [4.69, 9.17) is 16.3 Å². The predicted octanol–water partition coefficient (Wildman–Crippen LogP) is 3.69. The first kappa shape index (κ1) is 21.0. The van der Waals surface area contributed by atoms with Gasteiger partial charge in [-0.05, 0) is 43.2 Å². The summed E-state index contributed by atoms with van der Waals surface area (Å²) in [5, 5.41) is -0.0508. The number of carbonyl (C=O) groups excluding carboxylic acids is 1. The standard InChI is InChI=1S/C19H18ClFN4O3S2/c1-11-16(29-10-22-11)4-7-28-17(26)12-8-15(14(21)9-13(12)20)23-18-24-5-2-3-6-25(24)19(27)30-18/h8-10H,2-7H2,1H3. The molecule has 11 heteroatoms. The van der Waals surface area contributed by atoms with Gasteiger partial charge in [0, 0.05) is 24.4 Å². The molecule has 0 bridgehead atoms. The van der Waals surface area contributed by atoms with Crippen LogP contribution < -0.4 is 9.67 Å². The molecule has 158 valence electrons. The number of rotatable bonds is 5. The summed E-state index contributed by atoms with van der Waals surface area (Å²) in [4.78, 5) is 34.4. The van der Waals surface area contributed by atoms with E-state index in [0.717, 1.165) is 40.8 Å². The summed E-state index contributed by atoms with van der Waals surface area (Å²) in [6.45, 7) is 3.31. The Morgan fingerprint density at radius 2 is 2.10 bits per heavy atom. The third-order valence-corrected chi connectivity index (χ3v) is 6.95. The van der Waals surface area contributed by atoms with Crippen LogP contribution in [0, 0.1) is 12.7 Å². The minimum atomic E-state index is -0.673. The van der Waals surface area contributed by atoms with Gasteiger partial charge in [-0.15, -0.1) is 11.3 Å². The largest absolute Gasteiger partial charge is 0.462 e. The predicted molar refractivity (Wildman–Crippen MR) is 113 cm³/mol. The van der Waals surface area contributed by atoms with Gasteiger partial charge in [0.1, 0.15) is 11.5 Å². The Labute approximate surface area is 184 Å². The molecule has 4 rings (SSSR count). The number of thiazole rings is 1. The van der Waals surface area contributed by atoms with Gasteiger partial charge in [0.2, 0.25) is 4.80 Å². The van der Waals surface area contributed by atoms with Crippen LogP contribution in [-0.2, 0) is 24.2 Å². The molecule has 0 fully saturated rings. The number of halogens is 2. The number of hydrogen-bond acceptors (Lipinski definition) is 7. The third kappa shape index (κ3) is 4.26. The molecule has 0 saturated carbocycles. The van der Waals surface area contributed by atoms with Crippen LogP contribution in [0.2, 0.25) is 5.02 Å². The molecule has 7 nitrogen and oxygen atoms in total. The maximum Gasteiger partial charge on any atom is 0.339 e.